The van der Waals surface area contributed by atoms with Gasteiger partial charge >= 0.3 is 0 Å². The second-order valence-corrected chi connectivity index (χ2v) is 3.93. The molecule has 0 radical (unpaired) electrons. The molecular weight excluding hydrogens is 218 g/mol. The number of carbonyl (C=O) groups excluding carboxylic acids is 1. The minimum atomic E-state index is -0.103. The number of hydrogen-bond acceptors (Lipinski definition) is 3. The van der Waals surface area contributed by atoms with Crippen molar-refractivity contribution in [3.63, 3.8) is 0 Å². The number of pyridine rings is 1. The number of piperazine rings is 1. The van der Waals surface area contributed by atoms with Gasteiger partial charge in [-0.05, 0) is 12.1 Å². The van der Waals surface area contributed by atoms with Crippen LogP contribution in [0.25, 0.3) is 0 Å². The van der Waals surface area contributed by atoms with E-state index in [1.165, 1.54) is 12.1 Å². The molecule has 1 N–H and O–H groups in total. The van der Waals surface area contributed by atoms with Crippen LogP contribution in [0.4, 0.5) is 5.69 Å². The average molecular weight is 233 g/mol. The molecule has 0 aromatic carbocycles. The standard InChI is InChI=1S/C12H15N3O2/c1-2-12(17)15-7-5-14(6-8-15)10-3-4-11(16)13-9-10/h2-4,9H,1,5-8H2,(H,13,16). The zero-order valence-corrected chi connectivity index (χ0v) is 9.56. The number of aromatic nitrogens is 1. The summed E-state index contributed by atoms with van der Waals surface area (Å²) < 4.78 is 0. The smallest absolute Gasteiger partial charge is 0.248 e. The van der Waals surface area contributed by atoms with Crippen LogP contribution in [0.3, 0.4) is 0 Å². The van der Waals surface area contributed by atoms with E-state index in [2.05, 4.69) is 16.5 Å². The Morgan fingerprint density at radius 2 is 2.00 bits per heavy atom. The molecule has 0 aliphatic carbocycles. The fraction of sp³-hybridized carbons (Fsp3) is 0.333. The first-order chi connectivity index (χ1) is 8.20. The van der Waals surface area contributed by atoms with Gasteiger partial charge in [0.2, 0.25) is 11.5 Å². The SMILES string of the molecule is C=CC(=O)N1CCN(c2ccc(=O)[nH]c2)CC1. The molecular formula is C12H15N3O2. The fourth-order valence-electron chi connectivity index (χ4n) is 1.91. The van der Waals surface area contributed by atoms with Crippen molar-refractivity contribution < 1.29 is 4.79 Å². The number of amides is 1. The van der Waals surface area contributed by atoms with E-state index in [-0.39, 0.29) is 11.5 Å². The van der Waals surface area contributed by atoms with Gasteiger partial charge in [-0.25, -0.2) is 0 Å². The second kappa shape index (κ2) is 4.86. The minimum Gasteiger partial charge on any atom is -0.367 e. The summed E-state index contributed by atoms with van der Waals surface area (Å²) in [4.78, 5) is 28.9. The predicted molar refractivity (Wildman–Crippen MR) is 66.1 cm³/mol. The third-order valence-electron chi connectivity index (χ3n) is 2.90. The van der Waals surface area contributed by atoms with Crippen molar-refractivity contribution >= 4 is 11.6 Å². The molecule has 0 bridgehead atoms. The number of aromatic amines is 1. The summed E-state index contributed by atoms with van der Waals surface area (Å²) in [5.41, 5.74) is 0.879. The van der Waals surface area contributed by atoms with E-state index < -0.39 is 0 Å². The molecule has 0 spiro atoms. The van der Waals surface area contributed by atoms with Crippen molar-refractivity contribution in [2.45, 2.75) is 0 Å². The number of anilines is 1. The van der Waals surface area contributed by atoms with Gasteiger partial charge < -0.3 is 14.8 Å². The largest absolute Gasteiger partial charge is 0.367 e. The van der Waals surface area contributed by atoms with Crippen LogP contribution in [0.1, 0.15) is 0 Å². The zero-order chi connectivity index (χ0) is 12.3. The van der Waals surface area contributed by atoms with Gasteiger partial charge in [0.25, 0.3) is 0 Å². The van der Waals surface area contributed by atoms with Gasteiger partial charge in [0.1, 0.15) is 0 Å². The minimum absolute atomic E-state index is 0.0221. The number of hydrogen-bond donors (Lipinski definition) is 1. The van der Waals surface area contributed by atoms with Crippen LogP contribution in [-0.2, 0) is 4.79 Å². The summed E-state index contributed by atoms with van der Waals surface area (Å²) in [5.74, 6) is -0.0221. The Hall–Kier alpha value is -2.04. The van der Waals surface area contributed by atoms with Crippen LogP contribution in [0.5, 0.6) is 0 Å². The van der Waals surface area contributed by atoms with Gasteiger partial charge in [0.15, 0.2) is 0 Å². The van der Waals surface area contributed by atoms with Gasteiger partial charge in [-0.15, -0.1) is 0 Å². The maximum absolute atomic E-state index is 11.4. The van der Waals surface area contributed by atoms with Crippen molar-refractivity contribution in [2.24, 2.45) is 0 Å². The normalized spacial score (nSPS) is 15.8. The number of H-pyrrole nitrogens is 1. The summed E-state index contributed by atoms with van der Waals surface area (Å²) in [6.45, 7) is 6.39. The monoisotopic (exact) mass is 233 g/mol. The van der Waals surface area contributed by atoms with Gasteiger partial charge in [-0.3, -0.25) is 9.59 Å². The van der Waals surface area contributed by atoms with Crippen molar-refractivity contribution in [1.82, 2.24) is 9.88 Å². The molecule has 0 atom stereocenters. The van der Waals surface area contributed by atoms with E-state index in [0.717, 1.165) is 18.8 Å². The van der Waals surface area contributed by atoms with Gasteiger partial charge in [-0.2, -0.15) is 0 Å². The number of nitrogens with zero attached hydrogens (tertiary/aromatic N) is 2. The topological polar surface area (TPSA) is 56.4 Å². The molecule has 17 heavy (non-hydrogen) atoms. The lowest BCUT2D eigenvalue weighted by Crippen LogP contribution is -2.48. The van der Waals surface area contributed by atoms with E-state index in [0.29, 0.717) is 13.1 Å². The van der Waals surface area contributed by atoms with Crippen molar-refractivity contribution in [2.75, 3.05) is 31.1 Å². The molecule has 2 heterocycles. The summed E-state index contributed by atoms with van der Waals surface area (Å²) >= 11 is 0. The summed E-state index contributed by atoms with van der Waals surface area (Å²) in [7, 11) is 0. The first kappa shape index (κ1) is 11.4. The molecule has 5 heteroatoms. The summed E-state index contributed by atoms with van der Waals surface area (Å²) in [5, 5.41) is 0. The average Bonchev–Trinajstić information content (AvgIpc) is 2.39. The fourth-order valence-corrected chi connectivity index (χ4v) is 1.91. The van der Waals surface area contributed by atoms with Crippen LogP contribution in [0.15, 0.2) is 35.8 Å². The highest BCUT2D eigenvalue weighted by atomic mass is 16.2. The zero-order valence-electron chi connectivity index (χ0n) is 9.56. The van der Waals surface area contributed by atoms with Gasteiger partial charge in [0, 0.05) is 38.4 Å². The highest BCUT2D eigenvalue weighted by molar-refractivity contribution is 5.87. The number of carbonyl (C=O) groups is 1. The lowest BCUT2D eigenvalue weighted by atomic mass is 10.2. The molecule has 1 saturated heterocycles. The molecule has 90 valence electrons. The highest BCUT2D eigenvalue weighted by Crippen LogP contribution is 2.13. The van der Waals surface area contributed by atoms with Gasteiger partial charge in [0.05, 0.1) is 5.69 Å². The summed E-state index contributed by atoms with van der Waals surface area (Å²) in [6, 6.07) is 3.31. The van der Waals surface area contributed by atoms with Crippen molar-refractivity contribution in [1.29, 1.82) is 0 Å². The molecule has 0 saturated carbocycles. The molecule has 5 nitrogen and oxygen atoms in total. The molecule has 0 unspecified atom stereocenters. The van der Waals surface area contributed by atoms with Crippen LogP contribution in [-0.4, -0.2) is 42.0 Å². The van der Waals surface area contributed by atoms with E-state index in [9.17, 15) is 9.59 Å². The van der Waals surface area contributed by atoms with E-state index in [4.69, 9.17) is 0 Å². The molecule has 1 fully saturated rings. The summed E-state index contributed by atoms with van der Waals surface area (Å²) in [6.07, 6.45) is 3.04. The van der Waals surface area contributed by atoms with Crippen LogP contribution in [0, 0.1) is 0 Å². The highest BCUT2D eigenvalue weighted by Gasteiger charge is 2.19. The van der Waals surface area contributed by atoms with Crippen molar-refractivity contribution in [3.05, 3.63) is 41.3 Å². The van der Waals surface area contributed by atoms with Crippen LogP contribution >= 0.6 is 0 Å². The molecule has 1 aliphatic heterocycles. The molecule has 1 aromatic heterocycles. The Kier molecular flexibility index (Phi) is 3.27. The lowest BCUT2D eigenvalue weighted by Gasteiger charge is -2.35. The van der Waals surface area contributed by atoms with Gasteiger partial charge in [-0.1, -0.05) is 6.58 Å². The second-order valence-electron chi connectivity index (χ2n) is 3.93. The number of nitrogens with one attached hydrogen (secondary N) is 1. The first-order valence-electron chi connectivity index (χ1n) is 5.56. The Balaban J connectivity index is 1.99. The Morgan fingerprint density at radius 1 is 1.29 bits per heavy atom. The first-order valence-corrected chi connectivity index (χ1v) is 5.56. The quantitative estimate of drug-likeness (QED) is 0.743. The van der Waals surface area contributed by atoms with Crippen molar-refractivity contribution in [3.8, 4) is 0 Å². The predicted octanol–water partition coefficient (Wildman–Crippen LogP) is 0.209. The molecule has 1 aliphatic rings. The lowest BCUT2D eigenvalue weighted by molar-refractivity contribution is -0.126. The third kappa shape index (κ3) is 2.55. The van der Waals surface area contributed by atoms with E-state index in [1.807, 2.05) is 0 Å². The third-order valence-corrected chi connectivity index (χ3v) is 2.90. The van der Waals surface area contributed by atoms with E-state index >= 15 is 0 Å². The van der Waals surface area contributed by atoms with Crippen LogP contribution in [0.2, 0.25) is 0 Å². The molecule has 1 amide bonds. The van der Waals surface area contributed by atoms with E-state index in [1.54, 1.807) is 17.2 Å². The molecule has 2 rings (SSSR count). The Labute approximate surface area is 99.4 Å². The Bertz CT molecular complexity index is 452. The number of rotatable bonds is 2. The maximum atomic E-state index is 11.4. The Morgan fingerprint density at radius 3 is 2.53 bits per heavy atom. The maximum Gasteiger partial charge on any atom is 0.248 e. The van der Waals surface area contributed by atoms with Crippen LogP contribution < -0.4 is 10.5 Å². The molecule has 1 aromatic rings.